The van der Waals surface area contributed by atoms with Crippen LogP contribution in [-0.2, 0) is 13.6 Å². The van der Waals surface area contributed by atoms with E-state index in [1.807, 2.05) is 13.2 Å². The predicted octanol–water partition coefficient (Wildman–Crippen LogP) is 4.05. The van der Waals surface area contributed by atoms with Crippen molar-refractivity contribution in [1.82, 2.24) is 20.1 Å². The number of aryl methyl sites for hydroxylation is 1. The van der Waals surface area contributed by atoms with E-state index >= 15 is 0 Å². The van der Waals surface area contributed by atoms with Gasteiger partial charge >= 0.3 is 0 Å². The van der Waals surface area contributed by atoms with E-state index in [4.69, 9.17) is 4.74 Å². The first-order chi connectivity index (χ1) is 15.0. The molecule has 0 aliphatic carbocycles. The number of carbonyl (C=O) groups excluding carboxylic acids is 1. The zero-order valence-corrected chi connectivity index (χ0v) is 16.6. The van der Waals surface area contributed by atoms with Crippen LogP contribution in [0.15, 0.2) is 73.2 Å². The topological polar surface area (TPSA) is 89.3 Å². The molecule has 1 amide bonds. The molecule has 4 aromatic rings. The largest absolute Gasteiger partial charge is 0.507 e. The number of aromatic hydroxyl groups is 1. The number of hydrogen-bond acceptors (Lipinski definition) is 5. The Morgan fingerprint density at radius 2 is 2.00 bits per heavy atom. The first kappa shape index (κ1) is 20.1. The molecular weight excluding hydrogens is 399 g/mol. The molecule has 4 rings (SSSR count). The van der Waals surface area contributed by atoms with Gasteiger partial charge in [-0.15, -0.1) is 0 Å². The molecule has 0 atom stereocenters. The third kappa shape index (κ3) is 4.87. The zero-order chi connectivity index (χ0) is 21.8. The van der Waals surface area contributed by atoms with Crippen LogP contribution in [0.4, 0.5) is 4.39 Å². The lowest BCUT2D eigenvalue weighted by Gasteiger charge is -2.11. The average Bonchev–Trinajstić information content (AvgIpc) is 3.20. The summed E-state index contributed by atoms with van der Waals surface area (Å²) in [7, 11) is 1.82. The van der Waals surface area contributed by atoms with Crippen molar-refractivity contribution in [2.45, 2.75) is 6.54 Å². The van der Waals surface area contributed by atoms with Gasteiger partial charge in [0.15, 0.2) is 0 Å². The molecule has 0 unspecified atom stereocenters. The monoisotopic (exact) mass is 418 g/mol. The third-order valence-electron chi connectivity index (χ3n) is 4.52. The van der Waals surface area contributed by atoms with Gasteiger partial charge in [-0.25, -0.2) is 4.39 Å². The maximum Gasteiger partial charge on any atom is 0.255 e. The molecule has 0 aliphatic rings. The summed E-state index contributed by atoms with van der Waals surface area (Å²) in [5.41, 5.74) is 2.20. The van der Waals surface area contributed by atoms with Crippen LogP contribution in [0.3, 0.4) is 0 Å². The number of amides is 1. The second-order valence-electron chi connectivity index (χ2n) is 6.87. The number of nitrogens with zero attached hydrogens (tertiary/aromatic N) is 3. The number of nitrogens with one attached hydrogen (secondary N) is 1. The van der Waals surface area contributed by atoms with Crippen molar-refractivity contribution in [3.8, 4) is 28.5 Å². The standard InChI is InChI=1S/C23H19FN4O3/c1-28-14-16(13-27-28)21-11-19(7-8-25-21)31-18-5-6-22(29)20(10-18)23(30)26-12-15-3-2-4-17(24)9-15/h2-11,13-14,29H,12H2,1H3,(H,26,30). The lowest BCUT2D eigenvalue weighted by molar-refractivity contribution is 0.0948. The number of ether oxygens (including phenoxy) is 1. The maximum absolute atomic E-state index is 13.3. The molecule has 0 fully saturated rings. The van der Waals surface area contributed by atoms with Gasteiger partial charge in [0.2, 0.25) is 0 Å². The van der Waals surface area contributed by atoms with Crippen molar-refractivity contribution in [3.05, 3.63) is 90.1 Å². The number of carbonyl (C=O) groups is 1. The Bertz CT molecular complexity index is 1240. The van der Waals surface area contributed by atoms with Gasteiger partial charge in [-0.1, -0.05) is 12.1 Å². The molecule has 156 valence electrons. The van der Waals surface area contributed by atoms with Crippen LogP contribution in [0.1, 0.15) is 15.9 Å². The van der Waals surface area contributed by atoms with Gasteiger partial charge in [-0.2, -0.15) is 5.10 Å². The summed E-state index contributed by atoms with van der Waals surface area (Å²) >= 11 is 0. The molecule has 7 nitrogen and oxygen atoms in total. The number of benzene rings is 2. The quantitative estimate of drug-likeness (QED) is 0.493. The highest BCUT2D eigenvalue weighted by Crippen LogP contribution is 2.29. The van der Waals surface area contributed by atoms with Gasteiger partial charge in [-0.3, -0.25) is 14.5 Å². The number of halogens is 1. The summed E-state index contributed by atoms with van der Waals surface area (Å²) in [6.45, 7) is 0.125. The van der Waals surface area contributed by atoms with Crippen molar-refractivity contribution < 1.29 is 19.0 Å². The second-order valence-corrected chi connectivity index (χ2v) is 6.87. The fourth-order valence-corrected chi connectivity index (χ4v) is 3.01. The Morgan fingerprint density at radius 1 is 1.16 bits per heavy atom. The highest BCUT2D eigenvalue weighted by Gasteiger charge is 2.13. The lowest BCUT2D eigenvalue weighted by atomic mass is 10.1. The Balaban J connectivity index is 1.49. The molecule has 2 aromatic carbocycles. The smallest absolute Gasteiger partial charge is 0.255 e. The Hall–Kier alpha value is -4.20. The summed E-state index contributed by atoms with van der Waals surface area (Å²) < 4.78 is 20.8. The highest BCUT2D eigenvalue weighted by molar-refractivity contribution is 5.97. The van der Waals surface area contributed by atoms with Gasteiger partial charge in [-0.05, 0) is 42.0 Å². The van der Waals surface area contributed by atoms with E-state index in [1.54, 1.807) is 47.4 Å². The van der Waals surface area contributed by atoms with Crippen LogP contribution >= 0.6 is 0 Å². The molecule has 0 saturated heterocycles. The van der Waals surface area contributed by atoms with Crippen LogP contribution in [-0.4, -0.2) is 25.8 Å². The Labute approximate surface area is 177 Å². The summed E-state index contributed by atoms with van der Waals surface area (Å²) in [5, 5.41) is 16.9. The zero-order valence-electron chi connectivity index (χ0n) is 16.6. The Kier molecular flexibility index (Phi) is 5.61. The number of phenolic OH excluding ortho intramolecular Hbond substituents is 1. The molecule has 0 spiro atoms. The first-order valence-corrected chi connectivity index (χ1v) is 9.46. The van der Waals surface area contributed by atoms with Crippen LogP contribution < -0.4 is 10.1 Å². The van der Waals surface area contributed by atoms with Crippen molar-refractivity contribution in [1.29, 1.82) is 0 Å². The lowest BCUT2D eigenvalue weighted by Crippen LogP contribution is -2.23. The number of hydrogen-bond donors (Lipinski definition) is 2. The van der Waals surface area contributed by atoms with E-state index in [-0.39, 0.29) is 23.7 Å². The first-order valence-electron chi connectivity index (χ1n) is 9.46. The van der Waals surface area contributed by atoms with Crippen LogP contribution in [0, 0.1) is 5.82 Å². The van der Waals surface area contributed by atoms with Gasteiger partial charge in [0.1, 0.15) is 23.1 Å². The van der Waals surface area contributed by atoms with Crippen LogP contribution in [0.5, 0.6) is 17.2 Å². The van der Waals surface area contributed by atoms with Gasteiger partial charge in [0.25, 0.3) is 5.91 Å². The molecular formula is C23H19FN4O3. The molecule has 2 aromatic heterocycles. The van der Waals surface area contributed by atoms with Crippen molar-refractivity contribution in [3.63, 3.8) is 0 Å². The fourth-order valence-electron chi connectivity index (χ4n) is 3.01. The predicted molar refractivity (Wildman–Crippen MR) is 112 cm³/mol. The highest BCUT2D eigenvalue weighted by atomic mass is 19.1. The summed E-state index contributed by atoms with van der Waals surface area (Å²) in [6.07, 6.45) is 5.16. The molecule has 8 heteroatoms. The second kappa shape index (κ2) is 8.66. The summed E-state index contributed by atoms with van der Waals surface area (Å²) in [6, 6.07) is 13.8. The van der Waals surface area contributed by atoms with Crippen LogP contribution in [0.2, 0.25) is 0 Å². The fraction of sp³-hybridized carbons (Fsp3) is 0.0870. The SMILES string of the molecule is Cn1cc(-c2cc(Oc3ccc(O)c(C(=O)NCc4cccc(F)c4)c3)ccn2)cn1. The summed E-state index contributed by atoms with van der Waals surface area (Å²) in [5.74, 6) is -0.177. The minimum atomic E-state index is -0.502. The average molecular weight is 418 g/mol. The van der Waals surface area contributed by atoms with Gasteiger partial charge in [0.05, 0.1) is 17.5 Å². The number of pyridine rings is 1. The molecule has 31 heavy (non-hydrogen) atoms. The van der Waals surface area contributed by atoms with E-state index in [9.17, 15) is 14.3 Å². The molecule has 0 saturated carbocycles. The van der Waals surface area contributed by atoms with Gasteiger partial charge in [0, 0.05) is 37.6 Å². The maximum atomic E-state index is 13.3. The van der Waals surface area contributed by atoms with E-state index < -0.39 is 5.91 Å². The molecule has 2 heterocycles. The minimum absolute atomic E-state index is 0.0513. The number of phenols is 1. The molecule has 0 radical (unpaired) electrons. The number of rotatable bonds is 6. The number of aromatic nitrogens is 3. The molecule has 0 bridgehead atoms. The van der Waals surface area contributed by atoms with Crippen molar-refractivity contribution in [2.75, 3.05) is 0 Å². The van der Waals surface area contributed by atoms with E-state index in [0.717, 1.165) is 5.56 Å². The van der Waals surface area contributed by atoms with Crippen molar-refractivity contribution >= 4 is 5.91 Å². The molecule has 2 N–H and O–H groups in total. The van der Waals surface area contributed by atoms with Crippen molar-refractivity contribution in [2.24, 2.45) is 7.05 Å². The molecule has 0 aliphatic heterocycles. The Morgan fingerprint density at radius 3 is 2.77 bits per heavy atom. The third-order valence-corrected chi connectivity index (χ3v) is 4.52. The van der Waals surface area contributed by atoms with E-state index in [1.165, 1.54) is 24.3 Å². The van der Waals surface area contributed by atoms with Crippen LogP contribution in [0.25, 0.3) is 11.3 Å². The van der Waals surface area contributed by atoms with Gasteiger partial charge < -0.3 is 15.2 Å². The summed E-state index contributed by atoms with van der Waals surface area (Å²) in [4.78, 5) is 16.8. The van der Waals surface area contributed by atoms with E-state index in [0.29, 0.717) is 22.8 Å². The normalized spacial score (nSPS) is 10.6. The van der Waals surface area contributed by atoms with E-state index in [2.05, 4.69) is 15.4 Å². The minimum Gasteiger partial charge on any atom is -0.507 e.